The summed E-state index contributed by atoms with van der Waals surface area (Å²) in [5.74, 6) is -1.01. The summed E-state index contributed by atoms with van der Waals surface area (Å²) in [6.07, 6.45) is 8.71. The predicted molar refractivity (Wildman–Crippen MR) is 63.6 cm³/mol. The van der Waals surface area contributed by atoms with E-state index in [1.807, 2.05) is 32.1 Å². The van der Waals surface area contributed by atoms with Crippen LogP contribution in [0, 0.1) is 63.7 Å². The van der Waals surface area contributed by atoms with E-state index in [-0.39, 0.29) is 23.0 Å². The molecule has 2 fully saturated rings. The van der Waals surface area contributed by atoms with Crippen molar-refractivity contribution in [3.63, 3.8) is 0 Å². The molecule has 0 aliphatic heterocycles. The third-order valence-electron chi connectivity index (χ3n) is 2.13. The van der Waals surface area contributed by atoms with E-state index < -0.39 is 18.2 Å². The molecule has 0 N–H and O–H groups in total. The molecule has 0 unspecified atom stereocenters. The zero-order chi connectivity index (χ0) is 14.3. The van der Waals surface area contributed by atoms with Crippen LogP contribution in [0.15, 0.2) is 0 Å². The van der Waals surface area contributed by atoms with Gasteiger partial charge in [-0.3, -0.25) is 4.79 Å². The molecule has 0 saturated heterocycles. The minimum atomic E-state index is -4.57. The van der Waals surface area contributed by atoms with Crippen molar-refractivity contribution in [2.24, 2.45) is 0 Å². The number of rotatable bonds is 2. The summed E-state index contributed by atoms with van der Waals surface area (Å²) in [5, 5.41) is 0. The Morgan fingerprint density at radius 1 is 1.00 bits per heavy atom. The second-order valence-corrected chi connectivity index (χ2v) is 3.71. The van der Waals surface area contributed by atoms with E-state index in [9.17, 15) is 18.0 Å². The maximum Gasteiger partial charge on any atom is 2.00 e. The van der Waals surface area contributed by atoms with Crippen molar-refractivity contribution in [1.29, 1.82) is 0 Å². The van der Waals surface area contributed by atoms with E-state index in [4.69, 9.17) is 0 Å². The van der Waals surface area contributed by atoms with Gasteiger partial charge in [-0.2, -0.15) is 13.2 Å². The van der Waals surface area contributed by atoms with Crippen LogP contribution in [0.1, 0.15) is 6.92 Å². The number of hydrogen-bond acceptors (Lipinski definition) is 2. The van der Waals surface area contributed by atoms with E-state index in [0.29, 0.717) is 0 Å². The summed E-state index contributed by atoms with van der Waals surface area (Å²) in [6, 6.07) is 0. The number of alkyl halides is 3. The summed E-state index contributed by atoms with van der Waals surface area (Å²) in [7, 11) is 0. The quantitative estimate of drug-likeness (QED) is 0.576. The number of halogens is 3. The monoisotopic (exact) mass is 326 g/mol. The molecule has 0 bridgehead atoms. The van der Waals surface area contributed by atoms with Crippen LogP contribution >= 0.6 is 0 Å². The largest absolute Gasteiger partial charge is 2.00 e. The van der Waals surface area contributed by atoms with Crippen LogP contribution in [0.3, 0.4) is 0 Å². The summed E-state index contributed by atoms with van der Waals surface area (Å²) < 4.78 is 41.3. The van der Waals surface area contributed by atoms with Gasteiger partial charge in [-0.05, 0) is 57.8 Å². The van der Waals surface area contributed by atoms with Crippen molar-refractivity contribution >= 4 is 5.97 Å². The van der Waals surface area contributed by atoms with Crippen LogP contribution in [0.25, 0.3) is 0 Å². The van der Waals surface area contributed by atoms with Crippen LogP contribution in [0.2, 0.25) is 0 Å². The summed E-state index contributed by atoms with van der Waals surface area (Å²) >= 11 is 0. The van der Waals surface area contributed by atoms with E-state index in [1.54, 1.807) is 0 Å². The normalized spacial score (nSPS) is 20.6. The molecule has 2 aliphatic rings. The fourth-order valence-corrected chi connectivity index (χ4v) is 1.37. The molecule has 2 nitrogen and oxygen atoms in total. The molecule has 0 heterocycles. The van der Waals surface area contributed by atoms with Gasteiger partial charge in [0.2, 0.25) is 6.10 Å². The molecule has 108 valence electrons. The van der Waals surface area contributed by atoms with Gasteiger partial charge in [-0.1, -0.05) is 0 Å². The fourth-order valence-electron chi connectivity index (χ4n) is 1.37. The Hall–Kier alpha value is -0.221. The Bertz CT molecular complexity index is 264. The Morgan fingerprint density at radius 3 is 1.70 bits per heavy atom. The van der Waals surface area contributed by atoms with Gasteiger partial charge in [0.05, 0.1) is 0 Å². The van der Waals surface area contributed by atoms with Crippen molar-refractivity contribution in [2.75, 3.05) is 0 Å². The number of carbonyl (C=O) groups excluding carboxylic acids is 1. The average molecular weight is 326 g/mol. The zero-order valence-electron chi connectivity index (χ0n) is 10.6. The van der Waals surface area contributed by atoms with Gasteiger partial charge in [0.1, 0.15) is 0 Å². The first-order chi connectivity index (χ1) is 8.91. The van der Waals surface area contributed by atoms with Crippen LogP contribution in [-0.4, -0.2) is 18.2 Å². The van der Waals surface area contributed by atoms with Crippen molar-refractivity contribution in [3.05, 3.63) is 63.7 Å². The summed E-state index contributed by atoms with van der Waals surface area (Å²) in [4.78, 5) is 10.5. The third-order valence-corrected chi connectivity index (χ3v) is 2.13. The molecule has 6 heteroatoms. The maximum atomic E-state index is 12.4. The van der Waals surface area contributed by atoms with Crippen LogP contribution in [0.5, 0.6) is 0 Å². The van der Waals surface area contributed by atoms with Crippen molar-refractivity contribution in [3.8, 4) is 0 Å². The first kappa shape index (κ1) is 19.8. The first-order valence-electron chi connectivity index (χ1n) is 5.53. The average Bonchev–Trinajstić information content (AvgIpc) is 3.00. The standard InChI is InChI=1S/C9H8F3O2.C5H5.Fe/c1-6(13)14-8(9(10,11)12)7-4-2-3-5-7;1-2-4-5-3-1;/h2-5,8H,1H3;1-5H;/q;;+2/t8-;;/m1../s1. The fraction of sp³-hybridized carbons (Fsp3) is 0.214. The van der Waals surface area contributed by atoms with Gasteiger partial charge in [0, 0.05) is 12.8 Å². The summed E-state index contributed by atoms with van der Waals surface area (Å²) in [6.45, 7) is 0.946. The van der Waals surface area contributed by atoms with Crippen molar-refractivity contribution < 1.29 is 39.8 Å². The Morgan fingerprint density at radius 2 is 1.40 bits per heavy atom. The summed E-state index contributed by atoms with van der Waals surface area (Å²) in [5.41, 5.74) is 0. The number of hydrogen-bond donors (Lipinski definition) is 0. The van der Waals surface area contributed by atoms with Gasteiger partial charge in [-0.25, -0.2) is 0 Å². The molecular weight excluding hydrogens is 313 g/mol. The molecule has 2 aliphatic carbocycles. The van der Waals surface area contributed by atoms with Crippen LogP contribution < -0.4 is 0 Å². The van der Waals surface area contributed by atoms with Gasteiger partial charge < -0.3 is 4.74 Å². The van der Waals surface area contributed by atoms with Gasteiger partial charge >= 0.3 is 29.2 Å². The molecule has 2 saturated carbocycles. The van der Waals surface area contributed by atoms with Crippen molar-refractivity contribution in [2.45, 2.75) is 19.2 Å². The van der Waals surface area contributed by atoms with Crippen LogP contribution in [-0.2, 0) is 26.6 Å². The molecule has 20 heavy (non-hydrogen) atoms. The maximum absolute atomic E-state index is 12.4. The Kier molecular flexibility index (Phi) is 9.56. The van der Waals surface area contributed by atoms with Gasteiger partial charge in [0.25, 0.3) is 0 Å². The van der Waals surface area contributed by atoms with E-state index in [0.717, 1.165) is 6.92 Å². The topological polar surface area (TPSA) is 26.3 Å². The number of esters is 1. The zero-order valence-corrected chi connectivity index (χ0v) is 11.7. The number of ether oxygens (including phenoxy) is 1. The molecule has 10 radical (unpaired) electrons. The third kappa shape index (κ3) is 7.53. The second-order valence-electron chi connectivity index (χ2n) is 3.71. The second kappa shape index (κ2) is 9.67. The molecule has 0 amide bonds. The minimum Gasteiger partial charge on any atom is -0.452 e. The molecule has 0 aromatic heterocycles. The molecule has 1 atom stereocenters. The molecule has 2 rings (SSSR count). The minimum absolute atomic E-state index is 0. The van der Waals surface area contributed by atoms with Crippen molar-refractivity contribution in [1.82, 2.24) is 0 Å². The van der Waals surface area contributed by atoms with Gasteiger partial charge in [-0.15, -0.1) is 0 Å². The van der Waals surface area contributed by atoms with E-state index >= 15 is 0 Å². The predicted octanol–water partition coefficient (Wildman–Crippen LogP) is 2.90. The smallest absolute Gasteiger partial charge is 0.452 e. The molecule has 0 aromatic rings. The van der Waals surface area contributed by atoms with E-state index in [2.05, 4.69) is 4.74 Å². The SMILES string of the molecule is CC(=O)O[C@H]([C]1[CH][CH][CH][CH]1)C(F)(F)F.[CH]1[CH][CH][CH][CH]1.[Fe+2]. The first-order valence-corrected chi connectivity index (χ1v) is 5.53. The molecular formula is C14H13F3FeO2+2. The molecule has 0 aromatic carbocycles. The van der Waals surface area contributed by atoms with Gasteiger partial charge in [0.15, 0.2) is 0 Å². The Labute approximate surface area is 129 Å². The Balaban J connectivity index is 0.000000507. The van der Waals surface area contributed by atoms with Crippen LogP contribution in [0.4, 0.5) is 13.2 Å². The van der Waals surface area contributed by atoms with E-state index in [1.165, 1.54) is 25.7 Å². The molecule has 0 spiro atoms. The number of carbonyl (C=O) groups is 1.